The number of rotatable bonds is 3. The van der Waals surface area contributed by atoms with E-state index in [1.807, 2.05) is 43.5 Å². The van der Waals surface area contributed by atoms with Gasteiger partial charge in [0.05, 0.1) is 0 Å². The molecular weight excluding hydrogens is 252 g/mol. The molecule has 2 rings (SSSR count). The maximum atomic E-state index is 12.1. The van der Waals surface area contributed by atoms with Crippen LogP contribution in [0, 0.1) is 13.8 Å². The maximum absolute atomic E-state index is 12.1. The smallest absolute Gasteiger partial charge is 0.275 e. The first-order valence-corrected chi connectivity index (χ1v) is 6.36. The molecular formula is C16H18N2O2. The van der Waals surface area contributed by atoms with Gasteiger partial charge in [0.1, 0.15) is 0 Å². The topological polar surface area (TPSA) is 75.3 Å². The van der Waals surface area contributed by atoms with E-state index in [-0.39, 0.29) is 0 Å². The van der Waals surface area contributed by atoms with Crippen LogP contribution in [0.4, 0.5) is 0 Å². The fraction of sp³-hybridized carbons (Fsp3) is 0.188. The van der Waals surface area contributed by atoms with Crippen LogP contribution in [-0.4, -0.2) is 11.0 Å². The van der Waals surface area contributed by atoms with Gasteiger partial charge in [0.2, 0.25) is 0 Å². The molecule has 0 aliphatic carbocycles. The van der Waals surface area contributed by atoms with Crippen molar-refractivity contribution in [3.63, 3.8) is 0 Å². The number of benzene rings is 2. The Morgan fingerprint density at radius 2 is 1.30 bits per heavy atom. The van der Waals surface area contributed by atoms with Gasteiger partial charge in [0, 0.05) is 0 Å². The number of hydrazine groups is 1. The minimum atomic E-state index is -1.80. The lowest BCUT2D eigenvalue weighted by atomic mass is 9.85. The fourth-order valence-corrected chi connectivity index (χ4v) is 2.12. The molecule has 2 aromatic carbocycles. The lowest BCUT2D eigenvalue weighted by Gasteiger charge is -2.27. The molecule has 1 amide bonds. The van der Waals surface area contributed by atoms with Crippen LogP contribution in [0.15, 0.2) is 48.5 Å². The van der Waals surface area contributed by atoms with Crippen LogP contribution in [0.5, 0.6) is 0 Å². The molecule has 0 atom stereocenters. The number of carbonyl (C=O) groups is 1. The second-order valence-corrected chi connectivity index (χ2v) is 4.92. The molecule has 0 radical (unpaired) electrons. The highest BCUT2D eigenvalue weighted by Gasteiger charge is 2.39. The van der Waals surface area contributed by atoms with Crippen LogP contribution in [0.2, 0.25) is 0 Å². The Hall–Kier alpha value is -2.17. The van der Waals surface area contributed by atoms with Crippen molar-refractivity contribution >= 4 is 5.91 Å². The Bertz CT molecular complexity index is 558. The number of amides is 1. The van der Waals surface area contributed by atoms with E-state index >= 15 is 0 Å². The SMILES string of the molecule is Cc1ccc(C(O)(C(=O)NN)c2ccc(C)cc2)cc1. The van der Waals surface area contributed by atoms with Crippen LogP contribution < -0.4 is 11.3 Å². The standard InChI is InChI=1S/C16H18N2O2/c1-11-3-7-13(8-4-11)16(20,15(19)18-17)14-9-5-12(2)6-10-14/h3-10,20H,17H2,1-2H3,(H,18,19). The van der Waals surface area contributed by atoms with Gasteiger partial charge in [-0.15, -0.1) is 0 Å². The van der Waals surface area contributed by atoms with Crippen LogP contribution in [-0.2, 0) is 10.4 Å². The zero-order valence-electron chi connectivity index (χ0n) is 11.6. The molecule has 0 aliphatic rings. The van der Waals surface area contributed by atoms with Crippen LogP contribution in [0.3, 0.4) is 0 Å². The third-order valence-electron chi connectivity index (χ3n) is 3.40. The Labute approximate surface area is 118 Å². The molecule has 0 fully saturated rings. The first kappa shape index (κ1) is 14.2. The summed E-state index contributed by atoms with van der Waals surface area (Å²) in [6, 6.07) is 14.3. The molecule has 4 heteroatoms. The summed E-state index contributed by atoms with van der Waals surface area (Å²) in [7, 11) is 0. The van der Waals surface area contributed by atoms with Gasteiger partial charge in [0.15, 0.2) is 5.60 Å². The summed E-state index contributed by atoms with van der Waals surface area (Å²) >= 11 is 0. The van der Waals surface area contributed by atoms with Gasteiger partial charge in [-0.05, 0) is 25.0 Å². The summed E-state index contributed by atoms with van der Waals surface area (Å²) < 4.78 is 0. The van der Waals surface area contributed by atoms with Crippen molar-refractivity contribution in [1.82, 2.24) is 5.43 Å². The van der Waals surface area contributed by atoms with Crippen molar-refractivity contribution in [3.8, 4) is 0 Å². The van der Waals surface area contributed by atoms with Gasteiger partial charge in [0.25, 0.3) is 5.91 Å². The number of nitrogens with two attached hydrogens (primary N) is 1. The summed E-state index contributed by atoms with van der Waals surface area (Å²) in [5.74, 6) is 4.57. The minimum absolute atomic E-state index is 0.481. The zero-order chi connectivity index (χ0) is 14.8. The summed E-state index contributed by atoms with van der Waals surface area (Å²) in [6.07, 6.45) is 0. The molecule has 4 nitrogen and oxygen atoms in total. The summed E-state index contributed by atoms with van der Waals surface area (Å²) in [5, 5.41) is 10.9. The van der Waals surface area contributed by atoms with E-state index in [9.17, 15) is 9.90 Å². The molecule has 104 valence electrons. The van der Waals surface area contributed by atoms with Crippen molar-refractivity contribution < 1.29 is 9.90 Å². The number of nitrogens with one attached hydrogen (secondary N) is 1. The summed E-state index contributed by atoms with van der Waals surface area (Å²) in [4.78, 5) is 12.1. The van der Waals surface area contributed by atoms with Gasteiger partial charge >= 0.3 is 0 Å². The molecule has 20 heavy (non-hydrogen) atoms. The number of aryl methyl sites for hydroxylation is 2. The van der Waals surface area contributed by atoms with Gasteiger partial charge in [-0.2, -0.15) is 0 Å². The molecule has 2 aromatic rings. The van der Waals surface area contributed by atoms with Gasteiger partial charge in [-0.25, -0.2) is 5.84 Å². The van der Waals surface area contributed by atoms with Crippen molar-refractivity contribution in [3.05, 3.63) is 70.8 Å². The van der Waals surface area contributed by atoms with Gasteiger partial charge < -0.3 is 5.11 Å². The monoisotopic (exact) mass is 270 g/mol. The highest BCUT2D eigenvalue weighted by atomic mass is 16.3. The third-order valence-corrected chi connectivity index (χ3v) is 3.40. The molecule has 0 bridgehead atoms. The summed E-state index contributed by atoms with van der Waals surface area (Å²) in [5.41, 5.74) is 3.31. The van der Waals surface area contributed by atoms with Crippen molar-refractivity contribution in [1.29, 1.82) is 0 Å². The van der Waals surface area contributed by atoms with Crippen LogP contribution >= 0.6 is 0 Å². The van der Waals surface area contributed by atoms with Crippen molar-refractivity contribution in [2.75, 3.05) is 0 Å². The van der Waals surface area contributed by atoms with Crippen LogP contribution in [0.1, 0.15) is 22.3 Å². The second-order valence-electron chi connectivity index (χ2n) is 4.92. The van der Waals surface area contributed by atoms with Gasteiger partial charge in [-0.3, -0.25) is 10.2 Å². The van der Waals surface area contributed by atoms with E-state index in [0.29, 0.717) is 11.1 Å². The Balaban J connectivity index is 2.58. The number of aliphatic hydroxyl groups is 1. The average Bonchev–Trinajstić information content (AvgIpc) is 2.47. The number of carbonyl (C=O) groups excluding carboxylic acids is 1. The number of hydrogen-bond acceptors (Lipinski definition) is 3. The van der Waals surface area contributed by atoms with E-state index < -0.39 is 11.5 Å². The Morgan fingerprint density at radius 3 is 1.60 bits per heavy atom. The fourth-order valence-electron chi connectivity index (χ4n) is 2.12. The Morgan fingerprint density at radius 1 is 0.950 bits per heavy atom. The minimum Gasteiger partial charge on any atom is -0.372 e. The molecule has 0 aliphatic heterocycles. The molecule has 0 spiro atoms. The highest BCUT2D eigenvalue weighted by molar-refractivity contribution is 5.89. The van der Waals surface area contributed by atoms with Crippen molar-refractivity contribution in [2.24, 2.45) is 5.84 Å². The lowest BCUT2D eigenvalue weighted by Crippen LogP contribution is -2.48. The molecule has 0 saturated heterocycles. The average molecular weight is 270 g/mol. The zero-order valence-corrected chi connectivity index (χ0v) is 11.6. The second kappa shape index (κ2) is 5.45. The predicted molar refractivity (Wildman–Crippen MR) is 77.7 cm³/mol. The Kier molecular flexibility index (Phi) is 3.88. The predicted octanol–water partition coefficient (Wildman–Crippen LogP) is 1.53. The third kappa shape index (κ3) is 2.43. The van der Waals surface area contributed by atoms with E-state index in [1.54, 1.807) is 24.3 Å². The largest absolute Gasteiger partial charge is 0.372 e. The molecule has 0 aromatic heterocycles. The molecule has 0 heterocycles. The maximum Gasteiger partial charge on any atom is 0.275 e. The quantitative estimate of drug-likeness (QED) is 0.450. The number of hydrogen-bond donors (Lipinski definition) is 3. The van der Waals surface area contributed by atoms with Crippen LogP contribution in [0.25, 0.3) is 0 Å². The first-order chi connectivity index (χ1) is 9.48. The van der Waals surface area contributed by atoms with Gasteiger partial charge in [-0.1, -0.05) is 59.7 Å². The molecule has 0 unspecified atom stereocenters. The molecule has 0 saturated carbocycles. The normalized spacial score (nSPS) is 11.2. The van der Waals surface area contributed by atoms with E-state index in [4.69, 9.17) is 5.84 Å². The highest BCUT2D eigenvalue weighted by Crippen LogP contribution is 2.30. The summed E-state index contributed by atoms with van der Waals surface area (Å²) in [6.45, 7) is 3.88. The van der Waals surface area contributed by atoms with E-state index in [2.05, 4.69) is 0 Å². The lowest BCUT2D eigenvalue weighted by molar-refractivity contribution is -0.136. The van der Waals surface area contributed by atoms with E-state index in [1.165, 1.54) is 0 Å². The molecule has 4 N–H and O–H groups in total. The van der Waals surface area contributed by atoms with Crippen molar-refractivity contribution in [2.45, 2.75) is 19.4 Å². The first-order valence-electron chi connectivity index (χ1n) is 6.36. The van der Waals surface area contributed by atoms with E-state index in [0.717, 1.165) is 11.1 Å².